The summed E-state index contributed by atoms with van der Waals surface area (Å²) in [5, 5.41) is 2.97. The smallest absolute Gasteiger partial charge is 0.240 e. The second kappa shape index (κ2) is 8.60. The molecule has 2 rings (SSSR count). The number of sulfonamides is 1. The standard InChI is InChI=1S/C18H21BrN2O3S/c1-13(15-4-3-5-16(19)12-15)21-18(22)11-8-14-6-9-17(10-7-14)25(23,24)20-2/h3-7,9-10,12-13,20H,8,11H2,1-2H3,(H,21,22)/t13-/m0/s1. The van der Waals surface area contributed by atoms with Crippen LogP contribution in [0.15, 0.2) is 57.9 Å². The van der Waals surface area contributed by atoms with Crippen LogP contribution in [0.25, 0.3) is 0 Å². The van der Waals surface area contributed by atoms with E-state index < -0.39 is 10.0 Å². The number of aryl methyl sites for hydroxylation is 1. The fourth-order valence-corrected chi connectivity index (χ4v) is 3.53. The van der Waals surface area contributed by atoms with E-state index in [1.54, 1.807) is 24.3 Å². The summed E-state index contributed by atoms with van der Waals surface area (Å²) >= 11 is 3.42. The minimum atomic E-state index is -3.43. The number of halogens is 1. The molecule has 0 spiro atoms. The molecule has 1 amide bonds. The molecular formula is C18H21BrN2O3S. The topological polar surface area (TPSA) is 75.3 Å². The number of amides is 1. The minimum Gasteiger partial charge on any atom is -0.350 e. The zero-order valence-electron chi connectivity index (χ0n) is 14.1. The number of hydrogen-bond donors (Lipinski definition) is 2. The first kappa shape index (κ1) is 19.6. The molecular weight excluding hydrogens is 404 g/mol. The van der Waals surface area contributed by atoms with Gasteiger partial charge in [-0.1, -0.05) is 40.2 Å². The first-order chi connectivity index (χ1) is 11.8. The van der Waals surface area contributed by atoms with Gasteiger partial charge in [-0.2, -0.15) is 0 Å². The van der Waals surface area contributed by atoms with Crippen LogP contribution in [0.3, 0.4) is 0 Å². The zero-order chi connectivity index (χ0) is 18.4. The van der Waals surface area contributed by atoms with Crippen LogP contribution in [0.5, 0.6) is 0 Å². The Hall–Kier alpha value is -1.70. The van der Waals surface area contributed by atoms with Crippen LogP contribution in [-0.2, 0) is 21.2 Å². The minimum absolute atomic E-state index is 0.0422. The monoisotopic (exact) mass is 424 g/mol. The lowest BCUT2D eigenvalue weighted by atomic mass is 10.1. The average Bonchev–Trinajstić information content (AvgIpc) is 2.60. The Balaban J connectivity index is 1.89. The SMILES string of the molecule is CNS(=O)(=O)c1ccc(CCC(=O)N[C@@H](C)c2cccc(Br)c2)cc1. The zero-order valence-corrected chi connectivity index (χ0v) is 16.5. The van der Waals surface area contributed by atoms with Crippen LogP contribution >= 0.6 is 15.9 Å². The van der Waals surface area contributed by atoms with Crippen LogP contribution in [0, 0.1) is 0 Å². The van der Waals surface area contributed by atoms with Crippen molar-refractivity contribution in [2.24, 2.45) is 0 Å². The average molecular weight is 425 g/mol. The summed E-state index contributed by atoms with van der Waals surface area (Å²) in [5.74, 6) is -0.0422. The molecule has 0 unspecified atom stereocenters. The molecule has 0 radical (unpaired) electrons. The second-order valence-electron chi connectivity index (χ2n) is 5.70. The third-order valence-electron chi connectivity index (χ3n) is 3.87. The van der Waals surface area contributed by atoms with E-state index in [1.165, 1.54) is 7.05 Å². The number of carbonyl (C=O) groups is 1. The van der Waals surface area contributed by atoms with Gasteiger partial charge in [-0.3, -0.25) is 4.79 Å². The Bertz CT molecular complexity index is 836. The van der Waals surface area contributed by atoms with Crippen LogP contribution in [0.4, 0.5) is 0 Å². The van der Waals surface area contributed by atoms with Gasteiger partial charge in [0.2, 0.25) is 15.9 Å². The van der Waals surface area contributed by atoms with Crippen LogP contribution in [0.1, 0.15) is 30.5 Å². The van der Waals surface area contributed by atoms with Crippen LogP contribution in [-0.4, -0.2) is 21.4 Å². The largest absolute Gasteiger partial charge is 0.350 e. The quantitative estimate of drug-likeness (QED) is 0.716. The fourth-order valence-electron chi connectivity index (χ4n) is 2.38. The van der Waals surface area contributed by atoms with E-state index in [0.717, 1.165) is 15.6 Å². The lowest BCUT2D eigenvalue weighted by molar-refractivity contribution is -0.121. The molecule has 134 valence electrons. The van der Waals surface area contributed by atoms with Crippen molar-refractivity contribution in [2.75, 3.05) is 7.05 Å². The first-order valence-electron chi connectivity index (χ1n) is 7.89. The van der Waals surface area contributed by atoms with E-state index >= 15 is 0 Å². The van der Waals surface area contributed by atoms with Gasteiger partial charge in [0, 0.05) is 10.9 Å². The number of nitrogens with one attached hydrogen (secondary N) is 2. The Labute approximate surface area is 157 Å². The molecule has 25 heavy (non-hydrogen) atoms. The number of carbonyl (C=O) groups excluding carboxylic acids is 1. The predicted molar refractivity (Wildman–Crippen MR) is 102 cm³/mol. The summed E-state index contributed by atoms with van der Waals surface area (Å²) in [6.07, 6.45) is 0.896. The fraction of sp³-hybridized carbons (Fsp3) is 0.278. The highest BCUT2D eigenvalue weighted by Crippen LogP contribution is 2.18. The summed E-state index contributed by atoms with van der Waals surface area (Å²) in [6, 6.07) is 14.3. The lowest BCUT2D eigenvalue weighted by Gasteiger charge is -2.14. The highest BCUT2D eigenvalue weighted by molar-refractivity contribution is 9.10. The molecule has 2 aromatic rings. The molecule has 0 fully saturated rings. The Morgan fingerprint density at radius 2 is 1.84 bits per heavy atom. The molecule has 0 saturated carbocycles. The Morgan fingerprint density at radius 1 is 1.16 bits per heavy atom. The van der Waals surface area contributed by atoms with Gasteiger partial charge < -0.3 is 5.32 Å². The van der Waals surface area contributed by atoms with Crippen molar-refractivity contribution in [3.63, 3.8) is 0 Å². The summed E-state index contributed by atoms with van der Waals surface area (Å²) in [5.41, 5.74) is 1.95. The Morgan fingerprint density at radius 3 is 2.44 bits per heavy atom. The molecule has 5 nitrogen and oxygen atoms in total. The van der Waals surface area contributed by atoms with Crippen molar-refractivity contribution in [1.29, 1.82) is 0 Å². The summed E-state index contributed by atoms with van der Waals surface area (Å²) < 4.78 is 26.6. The van der Waals surface area contributed by atoms with Crippen molar-refractivity contribution < 1.29 is 13.2 Å². The molecule has 0 aliphatic heterocycles. The normalized spacial score (nSPS) is 12.6. The van der Waals surface area contributed by atoms with E-state index in [0.29, 0.717) is 12.8 Å². The Kier molecular flexibility index (Phi) is 6.75. The molecule has 0 saturated heterocycles. The molecule has 7 heteroatoms. The molecule has 0 aromatic heterocycles. The molecule has 0 aliphatic rings. The number of hydrogen-bond acceptors (Lipinski definition) is 3. The van der Waals surface area contributed by atoms with E-state index in [4.69, 9.17) is 0 Å². The van der Waals surface area contributed by atoms with Gasteiger partial charge >= 0.3 is 0 Å². The van der Waals surface area contributed by atoms with Crippen molar-refractivity contribution in [2.45, 2.75) is 30.7 Å². The van der Waals surface area contributed by atoms with Gasteiger partial charge in [0.15, 0.2) is 0 Å². The second-order valence-corrected chi connectivity index (χ2v) is 8.50. The van der Waals surface area contributed by atoms with Crippen molar-refractivity contribution in [3.8, 4) is 0 Å². The molecule has 2 aromatic carbocycles. The van der Waals surface area contributed by atoms with Gasteiger partial charge in [0.25, 0.3) is 0 Å². The molecule has 0 heterocycles. The molecule has 2 N–H and O–H groups in total. The molecule has 0 bridgehead atoms. The maximum atomic E-state index is 12.1. The summed E-state index contributed by atoms with van der Waals surface area (Å²) in [4.78, 5) is 12.3. The van der Waals surface area contributed by atoms with E-state index in [9.17, 15) is 13.2 Å². The number of rotatable bonds is 7. The third kappa shape index (κ3) is 5.66. The van der Waals surface area contributed by atoms with Gasteiger partial charge in [-0.25, -0.2) is 13.1 Å². The van der Waals surface area contributed by atoms with Crippen molar-refractivity contribution in [1.82, 2.24) is 10.0 Å². The van der Waals surface area contributed by atoms with Crippen LogP contribution in [0.2, 0.25) is 0 Å². The highest BCUT2D eigenvalue weighted by Gasteiger charge is 2.12. The van der Waals surface area contributed by atoms with Crippen molar-refractivity contribution in [3.05, 3.63) is 64.1 Å². The van der Waals surface area contributed by atoms with Crippen LogP contribution < -0.4 is 10.0 Å². The maximum Gasteiger partial charge on any atom is 0.240 e. The summed E-state index contributed by atoms with van der Waals surface area (Å²) in [6.45, 7) is 1.94. The van der Waals surface area contributed by atoms with Crippen molar-refractivity contribution >= 4 is 31.9 Å². The molecule has 1 atom stereocenters. The van der Waals surface area contributed by atoms with Gasteiger partial charge in [-0.05, 0) is 55.8 Å². The highest BCUT2D eigenvalue weighted by atomic mass is 79.9. The lowest BCUT2D eigenvalue weighted by Crippen LogP contribution is -2.26. The number of benzene rings is 2. The van der Waals surface area contributed by atoms with Gasteiger partial charge in [-0.15, -0.1) is 0 Å². The summed E-state index contributed by atoms with van der Waals surface area (Å²) in [7, 11) is -2.05. The van der Waals surface area contributed by atoms with E-state index in [1.807, 2.05) is 31.2 Å². The third-order valence-corrected chi connectivity index (χ3v) is 5.79. The van der Waals surface area contributed by atoms with E-state index in [-0.39, 0.29) is 16.8 Å². The van der Waals surface area contributed by atoms with E-state index in [2.05, 4.69) is 26.0 Å². The van der Waals surface area contributed by atoms with Gasteiger partial charge in [0.05, 0.1) is 10.9 Å². The maximum absolute atomic E-state index is 12.1. The molecule has 0 aliphatic carbocycles. The van der Waals surface area contributed by atoms with Gasteiger partial charge in [0.1, 0.15) is 0 Å². The predicted octanol–water partition coefficient (Wildman–Crippen LogP) is 3.17. The first-order valence-corrected chi connectivity index (χ1v) is 10.2.